The molecular weight excluding hydrogens is 343 g/mol. The van der Waals surface area contributed by atoms with Crippen LogP contribution in [0, 0.1) is 0 Å². The summed E-state index contributed by atoms with van der Waals surface area (Å²) in [7, 11) is 0. The number of para-hydroxylation sites is 1. The van der Waals surface area contributed by atoms with Gasteiger partial charge in [-0.2, -0.15) is 13.2 Å². The second-order valence-corrected chi connectivity index (χ2v) is 5.71. The van der Waals surface area contributed by atoms with E-state index in [1.54, 1.807) is 5.38 Å². The number of rotatable bonds is 7. The SMILES string of the molecule is NCCc1nc(C(=O)NCCOc2ccccc2C(F)(F)F)cs1. The number of hydrogen-bond acceptors (Lipinski definition) is 5. The molecule has 0 saturated heterocycles. The number of nitrogens with two attached hydrogens (primary N) is 1. The van der Waals surface area contributed by atoms with Gasteiger partial charge in [0.1, 0.15) is 18.1 Å². The molecule has 1 amide bonds. The Morgan fingerprint density at radius 1 is 1.33 bits per heavy atom. The third-order valence-electron chi connectivity index (χ3n) is 2.98. The van der Waals surface area contributed by atoms with Crippen molar-refractivity contribution in [3.8, 4) is 5.75 Å². The third-order valence-corrected chi connectivity index (χ3v) is 3.89. The van der Waals surface area contributed by atoms with Gasteiger partial charge in [0.25, 0.3) is 5.91 Å². The van der Waals surface area contributed by atoms with E-state index in [0.717, 1.165) is 11.1 Å². The molecule has 2 aromatic rings. The summed E-state index contributed by atoms with van der Waals surface area (Å²) in [6.07, 6.45) is -3.89. The maximum Gasteiger partial charge on any atom is 0.419 e. The molecule has 1 aromatic carbocycles. The number of carbonyl (C=O) groups excluding carboxylic acids is 1. The van der Waals surface area contributed by atoms with Gasteiger partial charge in [-0.3, -0.25) is 4.79 Å². The Balaban J connectivity index is 1.84. The molecule has 1 heterocycles. The summed E-state index contributed by atoms with van der Waals surface area (Å²) in [6.45, 7) is 0.425. The summed E-state index contributed by atoms with van der Waals surface area (Å²) in [5.74, 6) is -0.666. The van der Waals surface area contributed by atoms with Gasteiger partial charge in [0.05, 0.1) is 17.1 Å². The molecule has 0 aliphatic carbocycles. The van der Waals surface area contributed by atoms with Crippen LogP contribution in [0.25, 0.3) is 0 Å². The standard InChI is InChI=1S/C15H16F3N3O2S/c16-15(17,18)10-3-1-2-4-12(10)23-8-7-20-14(22)11-9-24-13(21-11)5-6-19/h1-4,9H,5-8,19H2,(H,20,22). The van der Waals surface area contributed by atoms with Gasteiger partial charge in [-0.15, -0.1) is 11.3 Å². The molecule has 0 saturated carbocycles. The van der Waals surface area contributed by atoms with E-state index in [2.05, 4.69) is 10.3 Å². The van der Waals surface area contributed by atoms with E-state index >= 15 is 0 Å². The van der Waals surface area contributed by atoms with Crippen molar-refractivity contribution in [2.75, 3.05) is 19.7 Å². The fourth-order valence-corrected chi connectivity index (χ4v) is 2.69. The first-order valence-electron chi connectivity index (χ1n) is 7.13. The van der Waals surface area contributed by atoms with Crippen molar-refractivity contribution >= 4 is 17.2 Å². The first kappa shape index (κ1) is 18.2. The monoisotopic (exact) mass is 359 g/mol. The topological polar surface area (TPSA) is 77.2 Å². The fraction of sp³-hybridized carbons (Fsp3) is 0.333. The van der Waals surface area contributed by atoms with Crippen molar-refractivity contribution in [2.24, 2.45) is 5.73 Å². The molecule has 5 nitrogen and oxygen atoms in total. The van der Waals surface area contributed by atoms with Gasteiger partial charge in [0.2, 0.25) is 0 Å². The molecule has 3 N–H and O–H groups in total. The van der Waals surface area contributed by atoms with Gasteiger partial charge < -0.3 is 15.8 Å². The van der Waals surface area contributed by atoms with E-state index in [4.69, 9.17) is 10.5 Å². The zero-order valence-corrected chi connectivity index (χ0v) is 13.4. The van der Waals surface area contributed by atoms with Crippen molar-refractivity contribution < 1.29 is 22.7 Å². The Bertz CT molecular complexity index is 689. The van der Waals surface area contributed by atoms with Crippen LogP contribution in [0.15, 0.2) is 29.6 Å². The maximum atomic E-state index is 12.8. The highest BCUT2D eigenvalue weighted by molar-refractivity contribution is 7.09. The number of alkyl halides is 3. The van der Waals surface area contributed by atoms with E-state index in [0.29, 0.717) is 13.0 Å². The number of halogens is 3. The molecule has 0 radical (unpaired) electrons. The van der Waals surface area contributed by atoms with Crippen LogP contribution in [-0.2, 0) is 12.6 Å². The lowest BCUT2D eigenvalue weighted by Gasteiger charge is -2.13. The van der Waals surface area contributed by atoms with Crippen molar-refractivity contribution in [1.82, 2.24) is 10.3 Å². The largest absolute Gasteiger partial charge is 0.491 e. The molecule has 0 aliphatic heterocycles. The predicted octanol–water partition coefficient (Wildman–Crippen LogP) is 2.47. The van der Waals surface area contributed by atoms with Crippen LogP contribution in [0.5, 0.6) is 5.75 Å². The first-order chi connectivity index (χ1) is 11.4. The number of ether oxygens (including phenoxy) is 1. The molecule has 130 valence electrons. The summed E-state index contributed by atoms with van der Waals surface area (Å²) in [4.78, 5) is 16.0. The normalized spacial score (nSPS) is 11.3. The minimum atomic E-state index is -4.49. The second-order valence-electron chi connectivity index (χ2n) is 4.76. The van der Waals surface area contributed by atoms with Gasteiger partial charge >= 0.3 is 6.18 Å². The van der Waals surface area contributed by atoms with Gasteiger partial charge in [0.15, 0.2) is 0 Å². The molecule has 0 aliphatic rings. The highest BCUT2D eigenvalue weighted by Crippen LogP contribution is 2.35. The molecule has 9 heteroatoms. The molecule has 0 bridgehead atoms. The summed E-state index contributed by atoms with van der Waals surface area (Å²) in [5.41, 5.74) is 4.83. The predicted molar refractivity (Wildman–Crippen MR) is 84.1 cm³/mol. The smallest absolute Gasteiger partial charge is 0.419 e. The average Bonchev–Trinajstić information content (AvgIpc) is 3.00. The number of thiazole rings is 1. The van der Waals surface area contributed by atoms with Crippen molar-refractivity contribution in [3.63, 3.8) is 0 Å². The Hall–Kier alpha value is -2.13. The number of amides is 1. The number of nitrogens with zero attached hydrogens (tertiary/aromatic N) is 1. The second kappa shape index (κ2) is 8.11. The summed E-state index contributed by atoms with van der Waals surface area (Å²) in [6, 6.07) is 4.93. The molecule has 0 unspecified atom stereocenters. The Morgan fingerprint density at radius 3 is 2.79 bits per heavy atom. The van der Waals surface area contributed by atoms with E-state index in [-0.39, 0.29) is 24.6 Å². The van der Waals surface area contributed by atoms with Crippen molar-refractivity contribution in [3.05, 3.63) is 45.9 Å². The van der Waals surface area contributed by atoms with E-state index in [1.165, 1.54) is 29.5 Å². The van der Waals surface area contributed by atoms with Gasteiger partial charge in [0, 0.05) is 11.8 Å². The molecule has 0 atom stereocenters. The van der Waals surface area contributed by atoms with E-state index in [9.17, 15) is 18.0 Å². The Kier molecular flexibility index (Phi) is 6.16. The van der Waals surface area contributed by atoms with Gasteiger partial charge in [-0.1, -0.05) is 12.1 Å². The van der Waals surface area contributed by atoms with Crippen LogP contribution in [0.2, 0.25) is 0 Å². The quantitative estimate of drug-likeness (QED) is 0.745. The number of nitrogens with one attached hydrogen (secondary N) is 1. The average molecular weight is 359 g/mol. The zero-order valence-electron chi connectivity index (χ0n) is 12.6. The molecule has 0 fully saturated rings. The number of aromatic nitrogens is 1. The molecule has 0 spiro atoms. The van der Waals surface area contributed by atoms with Crippen LogP contribution in [-0.4, -0.2) is 30.6 Å². The van der Waals surface area contributed by atoms with Crippen LogP contribution in [0.4, 0.5) is 13.2 Å². The number of hydrogen-bond donors (Lipinski definition) is 2. The highest BCUT2D eigenvalue weighted by atomic mass is 32.1. The molecule has 2 rings (SSSR count). The van der Waals surface area contributed by atoms with Gasteiger partial charge in [-0.05, 0) is 18.7 Å². The minimum Gasteiger partial charge on any atom is -0.491 e. The van der Waals surface area contributed by atoms with Crippen LogP contribution >= 0.6 is 11.3 Å². The van der Waals surface area contributed by atoms with Gasteiger partial charge in [-0.25, -0.2) is 4.98 Å². The summed E-state index contributed by atoms with van der Waals surface area (Å²) >= 11 is 1.34. The molecular formula is C15H16F3N3O2S. The molecule has 1 aromatic heterocycles. The zero-order chi connectivity index (χ0) is 17.6. The molecule has 24 heavy (non-hydrogen) atoms. The highest BCUT2D eigenvalue weighted by Gasteiger charge is 2.33. The van der Waals surface area contributed by atoms with E-state index in [1.807, 2.05) is 0 Å². The number of benzene rings is 1. The van der Waals surface area contributed by atoms with Crippen LogP contribution in [0.1, 0.15) is 21.1 Å². The summed E-state index contributed by atoms with van der Waals surface area (Å²) in [5, 5.41) is 4.92. The minimum absolute atomic E-state index is 0.0643. The fourth-order valence-electron chi connectivity index (χ4n) is 1.90. The van der Waals surface area contributed by atoms with Crippen molar-refractivity contribution in [2.45, 2.75) is 12.6 Å². The maximum absolute atomic E-state index is 12.8. The van der Waals surface area contributed by atoms with Crippen molar-refractivity contribution in [1.29, 1.82) is 0 Å². The van der Waals surface area contributed by atoms with Crippen LogP contribution < -0.4 is 15.8 Å². The lowest BCUT2D eigenvalue weighted by Crippen LogP contribution is -2.28. The van der Waals surface area contributed by atoms with E-state index < -0.39 is 17.6 Å². The Morgan fingerprint density at radius 2 is 2.08 bits per heavy atom. The summed E-state index contributed by atoms with van der Waals surface area (Å²) < 4.78 is 43.5. The number of carbonyl (C=O) groups is 1. The lowest BCUT2D eigenvalue weighted by atomic mass is 10.2. The third kappa shape index (κ3) is 4.93. The van der Waals surface area contributed by atoms with Crippen LogP contribution in [0.3, 0.4) is 0 Å². The lowest BCUT2D eigenvalue weighted by molar-refractivity contribution is -0.138. The first-order valence-corrected chi connectivity index (χ1v) is 8.01. The Labute approximate surface area is 140 Å².